The zero-order chi connectivity index (χ0) is 8.81. The molecule has 0 fully saturated rings. The second kappa shape index (κ2) is 4.87. The highest BCUT2D eigenvalue weighted by atomic mass is 19.1. The number of nitrogens with zero attached hydrogens (tertiary/aromatic N) is 2. The summed E-state index contributed by atoms with van der Waals surface area (Å²) in [4.78, 5) is 3.98. The molecule has 1 heterocycles. The van der Waals surface area contributed by atoms with E-state index >= 15 is 0 Å². The van der Waals surface area contributed by atoms with Crippen molar-refractivity contribution in [1.82, 2.24) is 9.55 Å². The van der Waals surface area contributed by atoms with Gasteiger partial charge in [0.1, 0.15) is 0 Å². The molecule has 1 rings (SSSR count). The van der Waals surface area contributed by atoms with Crippen LogP contribution in [0.15, 0.2) is 12.5 Å². The SMILES string of the molecule is NCCc1cncn1CCCF. The maximum absolute atomic E-state index is 11.8. The maximum Gasteiger partial charge on any atom is 0.0948 e. The van der Waals surface area contributed by atoms with Crippen molar-refractivity contribution in [2.45, 2.75) is 19.4 Å². The van der Waals surface area contributed by atoms with Gasteiger partial charge in [-0.05, 0) is 13.0 Å². The van der Waals surface area contributed by atoms with Gasteiger partial charge in [0.15, 0.2) is 0 Å². The Morgan fingerprint density at radius 3 is 3.08 bits per heavy atom. The van der Waals surface area contributed by atoms with E-state index in [9.17, 15) is 4.39 Å². The first kappa shape index (κ1) is 9.19. The zero-order valence-electron chi connectivity index (χ0n) is 7.04. The van der Waals surface area contributed by atoms with Gasteiger partial charge in [0.25, 0.3) is 0 Å². The van der Waals surface area contributed by atoms with Crippen molar-refractivity contribution in [2.75, 3.05) is 13.2 Å². The molecule has 2 N–H and O–H groups in total. The highest BCUT2D eigenvalue weighted by Crippen LogP contribution is 2.01. The smallest absolute Gasteiger partial charge is 0.0948 e. The fraction of sp³-hybridized carbons (Fsp3) is 0.625. The first-order valence-electron chi connectivity index (χ1n) is 4.13. The molecule has 0 spiro atoms. The van der Waals surface area contributed by atoms with Gasteiger partial charge >= 0.3 is 0 Å². The van der Waals surface area contributed by atoms with E-state index in [1.54, 1.807) is 12.5 Å². The van der Waals surface area contributed by atoms with Crippen molar-refractivity contribution in [3.8, 4) is 0 Å². The molecule has 0 saturated heterocycles. The van der Waals surface area contributed by atoms with Gasteiger partial charge in [0.2, 0.25) is 0 Å². The van der Waals surface area contributed by atoms with E-state index < -0.39 is 0 Å². The van der Waals surface area contributed by atoms with E-state index in [2.05, 4.69) is 4.98 Å². The zero-order valence-corrected chi connectivity index (χ0v) is 7.04. The van der Waals surface area contributed by atoms with Crippen LogP contribution in [0.3, 0.4) is 0 Å². The van der Waals surface area contributed by atoms with Gasteiger partial charge in [0.05, 0.1) is 13.0 Å². The molecule has 68 valence electrons. The Bertz CT molecular complexity index is 222. The molecule has 0 atom stereocenters. The molecule has 0 amide bonds. The lowest BCUT2D eigenvalue weighted by Gasteiger charge is -2.04. The molecule has 0 saturated carbocycles. The van der Waals surface area contributed by atoms with E-state index in [-0.39, 0.29) is 6.67 Å². The van der Waals surface area contributed by atoms with Crippen molar-refractivity contribution >= 4 is 0 Å². The third-order valence-electron chi connectivity index (χ3n) is 1.73. The highest BCUT2D eigenvalue weighted by Gasteiger charge is 1.99. The molecule has 0 radical (unpaired) electrons. The van der Waals surface area contributed by atoms with Crippen LogP contribution < -0.4 is 5.73 Å². The third-order valence-corrected chi connectivity index (χ3v) is 1.73. The largest absolute Gasteiger partial charge is 0.334 e. The first-order valence-corrected chi connectivity index (χ1v) is 4.13. The fourth-order valence-corrected chi connectivity index (χ4v) is 1.14. The molecule has 0 aliphatic rings. The number of imidazole rings is 1. The summed E-state index contributed by atoms with van der Waals surface area (Å²) in [5.41, 5.74) is 6.49. The molecule has 0 aromatic carbocycles. The van der Waals surface area contributed by atoms with Crippen LogP contribution in [-0.2, 0) is 13.0 Å². The van der Waals surface area contributed by atoms with Crippen LogP contribution in [0, 0.1) is 0 Å². The number of hydrogen-bond donors (Lipinski definition) is 1. The molecule has 0 bridgehead atoms. The lowest BCUT2D eigenvalue weighted by Crippen LogP contribution is -2.08. The summed E-state index contributed by atoms with van der Waals surface area (Å²) in [6.07, 6.45) is 4.87. The van der Waals surface area contributed by atoms with E-state index in [1.807, 2.05) is 4.57 Å². The number of halogens is 1. The maximum atomic E-state index is 11.8. The van der Waals surface area contributed by atoms with Gasteiger partial charge in [-0.25, -0.2) is 4.98 Å². The minimum Gasteiger partial charge on any atom is -0.334 e. The summed E-state index contributed by atoms with van der Waals surface area (Å²) in [5, 5.41) is 0. The minimum absolute atomic E-state index is 0.278. The van der Waals surface area contributed by atoms with Crippen LogP contribution in [0.2, 0.25) is 0 Å². The lowest BCUT2D eigenvalue weighted by molar-refractivity contribution is 0.443. The van der Waals surface area contributed by atoms with Gasteiger partial charge in [-0.2, -0.15) is 0 Å². The van der Waals surface area contributed by atoms with Gasteiger partial charge < -0.3 is 10.3 Å². The highest BCUT2D eigenvalue weighted by molar-refractivity contribution is 4.98. The third kappa shape index (κ3) is 2.30. The quantitative estimate of drug-likeness (QED) is 0.710. The van der Waals surface area contributed by atoms with Crippen LogP contribution in [0.1, 0.15) is 12.1 Å². The Labute approximate surface area is 71.4 Å². The number of aryl methyl sites for hydroxylation is 1. The summed E-state index contributed by atoms with van der Waals surface area (Å²) < 4.78 is 13.8. The summed E-state index contributed by atoms with van der Waals surface area (Å²) in [5.74, 6) is 0. The van der Waals surface area contributed by atoms with E-state index in [0.29, 0.717) is 19.5 Å². The predicted octanol–water partition coefficient (Wildman–Crippen LogP) is 0.744. The van der Waals surface area contributed by atoms with E-state index in [4.69, 9.17) is 5.73 Å². The van der Waals surface area contributed by atoms with Crippen molar-refractivity contribution in [2.24, 2.45) is 5.73 Å². The summed E-state index contributed by atoms with van der Waals surface area (Å²) in [6, 6.07) is 0. The Kier molecular flexibility index (Phi) is 3.73. The molecular weight excluding hydrogens is 157 g/mol. The molecule has 4 heteroatoms. The molecule has 1 aromatic rings. The number of rotatable bonds is 5. The Hall–Kier alpha value is -0.900. The molecule has 12 heavy (non-hydrogen) atoms. The molecule has 0 unspecified atom stereocenters. The molecule has 0 aliphatic heterocycles. The average molecular weight is 171 g/mol. The monoisotopic (exact) mass is 171 g/mol. The Balaban J connectivity index is 2.51. The first-order chi connectivity index (χ1) is 5.88. The topological polar surface area (TPSA) is 43.8 Å². The molecule has 1 aromatic heterocycles. The predicted molar refractivity (Wildman–Crippen MR) is 45.6 cm³/mol. The van der Waals surface area contributed by atoms with Gasteiger partial charge in [-0.3, -0.25) is 4.39 Å². The standard InChI is InChI=1S/C8H14FN3/c9-3-1-5-12-7-11-6-8(12)2-4-10/h6-7H,1-5,10H2. The summed E-state index contributed by atoms with van der Waals surface area (Å²) >= 11 is 0. The Morgan fingerprint density at radius 2 is 2.42 bits per heavy atom. The van der Waals surface area contributed by atoms with Crippen molar-refractivity contribution in [3.05, 3.63) is 18.2 Å². The van der Waals surface area contributed by atoms with Gasteiger partial charge in [-0.1, -0.05) is 0 Å². The second-order valence-corrected chi connectivity index (χ2v) is 2.66. The Morgan fingerprint density at radius 1 is 1.58 bits per heavy atom. The van der Waals surface area contributed by atoms with Gasteiger partial charge in [0, 0.05) is 24.9 Å². The van der Waals surface area contributed by atoms with Crippen molar-refractivity contribution in [1.29, 1.82) is 0 Å². The van der Waals surface area contributed by atoms with E-state index in [1.165, 1.54) is 0 Å². The number of alkyl halides is 1. The summed E-state index contributed by atoms with van der Waals surface area (Å²) in [6.45, 7) is 1.04. The lowest BCUT2D eigenvalue weighted by atomic mass is 10.3. The van der Waals surface area contributed by atoms with Crippen LogP contribution in [0.5, 0.6) is 0 Å². The normalized spacial score (nSPS) is 10.5. The molecule has 3 nitrogen and oxygen atoms in total. The fourth-order valence-electron chi connectivity index (χ4n) is 1.14. The number of aromatic nitrogens is 2. The van der Waals surface area contributed by atoms with Crippen LogP contribution >= 0.6 is 0 Å². The molecular formula is C8H14FN3. The van der Waals surface area contributed by atoms with Gasteiger partial charge in [-0.15, -0.1) is 0 Å². The summed E-state index contributed by atoms with van der Waals surface area (Å²) in [7, 11) is 0. The average Bonchev–Trinajstić information content (AvgIpc) is 2.50. The van der Waals surface area contributed by atoms with Crippen LogP contribution in [-0.4, -0.2) is 22.8 Å². The van der Waals surface area contributed by atoms with Crippen molar-refractivity contribution in [3.63, 3.8) is 0 Å². The van der Waals surface area contributed by atoms with E-state index in [0.717, 1.165) is 12.1 Å². The second-order valence-electron chi connectivity index (χ2n) is 2.66. The number of nitrogens with two attached hydrogens (primary N) is 1. The minimum atomic E-state index is -0.278. The number of hydrogen-bond acceptors (Lipinski definition) is 2. The molecule has 0 aliphatic carbocycles. The van der Waals surface area contributed by atoms with Crippen LogP contribution in [0.4, 0.5) is 4.39 Å². The van der Waals surface area contributed by atoms with Crippen LogP contribution in [0.25, 0.3) is 0 Å². The van der Waals surface area contributed by atoms with Crippen molar-refractivity contribution < 1.29 is 4.39 Å².